The van der Waals surface area contributed by atoms with Crippen LogP contribution in [0.1, 0.15) is 32.3 Å². The number of piperidine rings is 1. The molecule has 21 heavy (non-hydrogen) atoms. The molecule has 0 bridgehead atoms. The summed E-state index contributed by atoms with van der Waals surface area (Å²) in [7, 11) is 1.68. The van der Waals surface area contributed by atoms with Crippen molar-refractivity contribution in [3.05, 3.63) is 23.8 Å². The molecule has 4 nitrogen and oxygen atoms in total. The molecule has 0 amide bonds. The van der Waals surface area contributed by atoms with Crippen LogP contribution in [0.4, 0.5) is 0 Å². The van der Waals surface area contributed by atoms with Gasteiger partial charge in [0.1, 0.15) is 0 Å². The number of benzene rings is 1. The Kier molecular flexibility index (Phi) is 6.33. The van der Waals surface area contributed by atoms with Gasteiger partial charge in [-0.15, -0.1) is 0 Å². The Bertz CT molecular complexity index is 429. The van der Waals surface area contributed by atoms with Gasteiger partial charge in [-0.2, -0.15) is 0 Å². The fraction of sp³-hybridized carbons (Fsp3) is 0.647. The normalized spacial score (nSPS) is 16.9. The number of likely N-dealkylation sites (tertiary alicyclic amines) is 1. The zero-order chi connectivity index (χ0) is 15.1. The summed E-state index contributed by atoms with van der Waals surface area (Å²) < 4.78 is 11.0. The van der Waals surface area contributed by atoms with Gasteiger partial charge >= 0.3 is 0 Å². The second-order valence-corrected chi connectivity index (χ2v) is 5.51. The van der Waals surface area contributed by atoms with Crippen LogP contribution in [-0.2, 0) is 6.54 Å². The van der Waals surface area contributed by atoms with E-state index >= 15 is 0 Å². The van der Waals surface area contributed by atoms with E-state index in [9.17, 15) is 0 Å². The van der Waals surface area contributed by atoms with Crippen LogP contribution in [0.5, 0.6) is 11.5 Å². The molecule has 0 unspecified atom stereocenters. The van der Waals surface area contributed by atoms with E-state index in [1.165, 1.54) is 38.0 Å². The van der Waals surface area contributed by atoms with Crippen molar-refractivity contribution >= 4 is 0 Å². The molecule has 1 fully saturated rings. The van der Waals surface area contributed by atoms with Crippen LogP contribution >= 0.6 is 0 Å². The number of rotatable bonds is 7. The first-order valence-corrected chi connectivity index (χ1v) is 8.02. The number of hydrogen-bond donors (Lipinski definition) is 1. The van der Waals surface area contributed by atoms with Gasteiger partial charge in [0, 0.05) is 12.6 Å². The average Bonchev–Trinajstić information content (AvgIpc) is 2.54. The maximum atomic E-state index is 5.63. The molecule has 118 valence electrons. The third-order valence-electron chi connectivity index (χ3n) is 4.16. The first kappa shape index (κ1) is 16.1. The van der Waals surface area contributed by atoms with Gasteiger partial charge in [0.25, 0.3) is 0 Å². The largest absolute Gasteiger partial charge is 0.493 e. The summed E-state index contributed by atoms with van der Waals surface area (Å²) in [5.41, 5.74) is 1.25. The minimum absolute atomic E-state index is 0.630. The van der Waals surface area contributed by atoms with E-state index < -0.39 is 0 Å². The summed E-state index contributed by atoms with van der Waals surface area (Å²) in [5.74, 6) is 1.64. The van der Waals surface area contributed by atoms with Gasteiger partial charge < -0.3 is 19.7 Å². The molecule has 1 aliphatic heterocycles. The first-order valence-electron chi connectivity index (χ1n) is 8.02. The summed E-state index contributed by atoms with van der Waals surface area (Å²) in [6, 6.07) is 6.80. The third-order valence-corrected chi connectivity index (χ3v) is 4.16. The molecule has 1 aliphatic rings. The quantitative estimate of drug-likeness (QED) is 0.838. The van der Waals surface area contributed by atoms with Crippen molar-refractivity contribution in [2.24, 2.45) is 0 Å². The molecule has 4 heteroatoms. The highest BCUT2D eigenvalue weighted by molar-refractivity contribution is 5.42. The van der Waals surface area contributed by atoms with Gasteiger partial charge in [-0.05, 0) is 57.1 Å². The van der Waals surface area contributed by atoms with Gasteiger partial charge in [-0.3, -0.25) is 0 Å². The first-order chi connectivity index (χ1) is 10.3. The van der Waals surface area contributed by atoms with E-state index in [0.717, 1.165) is 18.0 Å². The summed E-state index contributed by atoms with van der Waals surface area (Å²) in [5, 5.41) is 3.67. The molecule has 1 N–H and O–H groups in total. The fourth-order valence-corrected chi connectivity index (χ4v) is 2.81. The summed E-state index contributed by atoms with van der Waals surface area (Å²) >= 11 is 0. The van der Waals surface area contributed by atoms with Gasteiger partial charge in [0.15, 0.2) is 11.5 Å². The Morgan fingerprint density at radius 1 is 1.19 bits per heavy atom. The molecule has 2 rings (SSSR count). The molecule has 1 aromatic rings. The van der Waals surface area contributed by atoms with E-state index in [1.54, 1.807) is 7.11 Å². The van der Waals surface area contributed by atoms with Crippen molar-refractivity contribution in [1.29, 1.82) is 0 Å². The van der Waals surface area contributed by atoms with Crippen LogP contribution in [0.2, 0.25) is 0 Å². The van der Waals surface area contributed by atoms with Crippen LogP contribution in [0, 0.1) is 0 Å². The SMILES string of the molecule is CCOc1cc(CNC2CCN(CC)CC2)ccc1OC. The molecule has 0 aromatic heterocycles. The van der Waals surface area contributed by atoms with Crippen LogP contribution < -0.4 is 14.8 Å². The summed E-state index contributed by atoms with van der Waals surface area (Å²) in [6.45, 7) is 9.36. The highest BCUT2D eigenvalue weighted by atomic mass is 16.5. The van der Waals surface area contributed by atoms with Crippen molar-refractivity contribution in [1.82, 2.24) is 10.2 Å². The van der Waals surface area contributed by atoms with Crippen LogP contribution in [0.25, 0.3) is 0 Å². The van der Waals surface area contributed by atoms with Crippen LogP contribution in [0.15, 0.2) is 18.2 Å². The number of nitrogens with zero attached hydrogens (tertiary/aromatic N) is 1. The van der Waals surface area contributed by atoms with Crippen molar-refractivity contribution in [3.8, 4) is 11.5 Å². The lowest BCUT2D eigenvalue weighted by molar-refractivity contribution is 0.206. The Morgan fingerprint density at radius 3 is 2.57 bits per heavy atom. The highest BCUT2D eigenvalue weighted by Crippen LogP contribution is 2.28. The van der Waals surface area contributed by atoms with Gasteiger partial charge in [0.05, 0.1) is 13.7 Å². The van der Waals surface area contributed by atoms with E-state index in [4.69, 9.17) is 9.47 Å². The molecule has 1 aromatic carbocycles. The molecule has 0 radical (unpaired) electrons. The zero-order valence-electron chi connectivity index (χ0n) is 13.5. The van der Waals surface area contributed by atoms with E-state index in [1.807, 2.05) is 13.0 Å². The van der Waals surface area contributed by atoms with E-state index in [-0.39, 0.29) is 0 Å². The maximum Gasteiger partial charge on any atom is 0.161 e. The van der Waals surface area contributed by atoms with Crippen molar-refractivity contribution in [3.63, 3.8) is 0 Å². The summed E-state index contributed by atoms with van der Waals surface area (Å²) in [4.78, 5) is 2.51. The molecule has 1 heterocycles. The van der Waals surface area contributed by atoms with E-state index in [0.29, 0.717) is 12.6 Å². The molecular formula is C17H28N2O2. The number of ether oxygens (including phenoxy) is 2. The van der Waals surface area contributed by atoms with Crippen LogP contribution in [0.3, 0.4) is 0 Å². The minimum Gasteiger partial charge on any atom is -0.493 e. The maximum absolute atomic E-state index is 5.63. The monoisotopic (exact) mass is 292 g/mol. The van der Waals surface area contributed by atoms with Crippen LogP contribution in [-0.4, -0.2) is 44.3 Å². The molecule has 0 aliphatic carbocycles. The Hall–Kier alpha value is -1.26. The third kappa shape index (κ3) is 4.61. The van der Waals surface area contributed by atoms with Gasteiger partial charge in [0.2, 0.25) is 0 Å². The zero-order valence-corrected chi connectivity index (χ0v) is 13.5. The second kappa shape index (κ2) is 8.25. The van der Waals surface area contributed by atoms with Crippen molar-refractivity contribution < 1.29 is 9.47 Å². The molecule has 1 saturated heterocycles. The predicted molar refractivity (Wildman–Crippen MR) is 86.1 cm³/mol. The average molecular weight is 292 g/mol. The Labute approximate surface area is 128 Å². The van der Waals surface area contributed by atoms with Crippen molar-refractivity contribution in [2.75, 3.05) is 33.4 Å². The predicted octanol–water partition coefficient (Wildman–Crippen LogP) is 2.67. The molecule has 0 spiro atoms. The van der Waals surface area contributed by atoms with Gasteiger partial charge in [-0.25, -0.2) is 0 Å². The smallest absolute Gasteiger partial charge is 0.161 e. The van der Waals surface area contributed by atoms with Gasteiger partial charge in [-0.1, -0.05) is 13.0 Å². The Balaban J connectivity index is 1.87. The molecule has 0 atom stereocenters. The van der Waals surface area contributed by atoms with Crippen molar-refractivity contribution in [2.45, 2.75) is 39.3 Å². The highest BCUT2D eigenvalue weighted by Gasteiger charge is 2.17. The summed E-state index contributed by atoms with van der Waals surface area (Å²) in [6.07, 6.45) is 2.48. The lowest BCUT2D eigenvalue weighted by Gasteiger charge is -2.31. The number of methoxy groups -OCH3 is 1. The number of nitrogens with one attached hydrogen (secondary N) is 1. The van der Waals surface area contributed by atoms with E-state index in [2.05, 4.69) is 29.3 Å². The fourth-order valence-electron chi connectivity index (χ4n) is 2.81. The molecule has 0 saturated carbocycles. The lowest BCUT2D eigenvalue weighted by atomic mass is 10.0. The molecular weight excluding hydrogens is 264 g/mol. The standard InChI is InChI=1S/C17H28N2O2/c1-4-19-10-8-15(9-11-19)18-13-14-6-7-16(20-3)17(12-14)21-5-2/h6-7,12,15,18H,4-5,8-11,13H2,1-3H3. The minimum atomic E-state index is 0.630. The second-order valence-electron chi connectivity index (χ2n) is 5.51. The lowest BCUT2D eigenvalue weighted by Crippen LogP contribution is -2.42. The number of hydrogen-bond acceptors (Lipinski definition) is 4. The Morgan fingerprint density at radius 2 is 1.95 bits per heavy atom. The topological polar surface area (TPSA) is 33.7 Å².